The second-order valence-electron chi connectivity index (χ2n) is 3.77. The van der Waals surface area contributed by atoms with Crippen LogP contribution in [-0.2, 0) is 9.59 Å². The zero-order chi connectivity index (χ0) is 11.4. The third-order valence-electron chi connectivity index (χ3n) is 2.53. The molecule has 1 fully saturated rings. The van der Waals surface area contributed by atoms with E-state index in [0.717, 1.165) is 12.8 Å². The van der Waals surface area contributed by atoms with Crippen LogP contribution < -0.4 is 5.23 Å². The highest BCUT2D eigenvalue weighted by molar-refractivity contribution is 6.73. The summed E-state index contributed by atoms with van der Waals surface area (Å²) in [5.74, 6) is -0.395. The van der Waals surface area contributed by atoms with Crippen molar-refractivity contribution >= 4 is 24.9 Å². The van der Waals surface area contributed by atoms with E-state index in [1.807, 2.05) is 0 Å². The lowest BCUT2D eigenvalue weighted by Crippen LogP contribution is -2.45. The van der Waals surface area contributed by atoms with Crippen molar-refractivity contribution in [3.63, 3.8) is 0 Å². The van der Waals surface area contributed by atoms with E-state index in [-0.39, 0.29) is 31.0 Å². The van der Waals surface area contributed by atoms with E-state index >= 15 is 0 Å². The maximum atomic E-state index is 11.6. The van der Waals surface area contributed by atoms with Gasteiger partial charge in [-0.15, -0.1) is 0 Å². The van der Waals surface area contributed by atoms with E-state index in [1.165, 1.54) is 13.8 Å². The Morgan fingerprint density at radius 2 is 2.00 bits per heavy atom. The molecule has 1 unspecified atom stereocenters. The average molecular weight is 210 g/mol. The van der Waals surface area contributed by atoms with Crippen molar-refractivity contribution in [2.75, 3.05) is 6.54 Å². The number of nitrogens with one attached hydrogen (secondary N) is 1. The number of ketones is 1. The Morgan fingerprint density at radius 1 is 1.33 bits per heavy atom. The van der Waals surface area contributed by atoms with E-state index in [1.54, 1.807) is 4.90 Å². The van der Waals surface area contributed by atoms with E-state index < -0.39 is 0 Å². The standard InChI is InChI=1S/C9H15BN2O3/c1-6(13)8-4-3-5-12(8)9(15)10-11-7(2)14/h8,10H,3-5H2,1-2H3,(H,11,14). The van der Waals surface area contributed by atoms with Gasteiger partial charge >= 0.3 is 7.41 Å². The van der Waals surface area contributed by atoms with Crippen molar-refractivity contribution in [2.24, 2.45) is 0 Å². The molecule has 6 heteroatoms. The van der Waals surface area contributed by atoms with Crippen LogP contribution in [0, 0.1) is 0 Å². The topological polar surface area (TPSA) is 66.5 Å². The Morgan fingerprint density at radius 3 is 2.53 bits per heavy atom. The fourth-order valence-corrected chi connectivity index (χ4v) is 1.79. The second kappa shape index (κ2) is 4.95. The minimum absolute atomic E-state index is 0.0148. The lowest BCUT2D eigenvalue weighted by molar-refractivity contribution is -0.120. The molecular weight excluding hydrogens is 195 g/mol. The van der Waals surface area contributed by atoms with Crippen LogP contribution in [-0.4, -0.2) is 42.4 Å². The minimum Gasteiger partial charge on any atom is -0.394 e. The van der Waals surface area contributed by atoms with Gasteiger partial charge in [0, 0.05) is 13.5 Å². The molecule has 1 heterocycles. The Balaban J connectivity index is 2.51. The number of Topliss-reactive ketones (excluding diaryl/α,β-unsaturated/α-hetero) is 1. The van der Waals surface area contributed by atoms with Crippen molar-refractivity contribution in [1.82, 2.24) is 10.1 Å². The summed E-state index contributed by atoms with van der Waals surface area (Å²) in [7, 11) is -0.0148. The Bertz CT molecular complexity index is 293. The molecule has 0 aromatic carbocycles. The third-order valence-corrected chi connectivity index (χ3v) is 2.53. The molecule has 0 saturated carbocycles. The SMILES string of the molecule is CC(=O)NBC(=O)N1CCCC1C(C)=O. The second-order valence-corrected chi connectivity index (χ2v) is 3.77. The molecule has 0 spiro atoms. The molecule has 82 valence electrons. The maximum absolute atomic E-state index is 11.6. The van der Waals surface area contributed by atoms with Gasteiger partial charge in [-0.2, -0.15) is 0 Å². The molecule has 0 bridgehead atoms. The molecule has 15 heavy (non-hydrogen) atoms. The largest absolute Gasteiger partial charge is 0.394 e. The van der Waals surface area contributed by atoms with Gasteiger partial charge in [0.1, 0.15) is 0 Å². The zero-order valence-electron chi connectivity index (χ0n) is 9.08. The van der Waals surface area contributed by atoms with Crippen LogP contribution in [0.1, 0.15) is 26.7 Å². The fraction of sp³-hybridized carbons (Fsp3) is 0.667. The average Bonchev–Trinajstić information content (AvgIpc) is 2.62. The number of hydrogen-bond acceptors (Lipinski definition) is 3. The van der Waals surface area contributed by atoms with Crippen molar-refractivity contribution < 1.29 is 14.4 Å². The number of nitrogens with zero attached hydrogens (tertiary/aromatic N) is 1. The van der Waals surface area contributed by atoms with Crippen LogP contribution in [0.5, 0.6) is 0 Å². The van der Waals surface area contributed by atoms with Gasteiger partial charge in [0.15, 0.2) is 11.6 Å². The van der Waals surface area contributed by atoms with Crippen molar-refractivity contribution in [1.29, 1.82) is 0 Å². The molecule has 0 aromatic heterocycles. The number of carbonyl (C=O) groups excluding carboxylic acids is 3. The van der Waals surface area contributed by atoms with Gasteiger partial charge in [-0.3, -0.25) is 14.4 Å². The predicted octanol–water partition coefficient (Wildman–Crippen LogP) is -0.353. The minimum atomic E-state index is -0.286. The molecule has 0 radical (unpaired) electrons. The monoisotopic (exact) mass is 210 g/mol. The summed E-state index contributed by atoms with van der Waals surface area (Å²) in [5, 5.41) is 2.44. The summed E-state index contributed by atoms with van der Waals surface area (Å²) < 4.78 is 0. The van der Waals surface area contributed by atoms with Gasteiger partial charge in [-0.1, -0.05) is 0 Å². The first-order valence-corrected chi connectivity index (χ1v) is 5.06. The highest BCUT2D eigenvalue weighted by Gasteiger charge is 2.31. The number of rotatable bonds is 3. The molecular formula is C9H15BN2O3. The molecule has 0 aromatic rings. The lowest BCUT2D eigenvalue weighted by atomic mass is 9.91. The molecule has 2 amide bonds. The summed E-state index contributed by atoms with van der Waals surface area (Å²) in [4.78, 5) is 35.0. The van der Waals surface area contributed by atoms with Crippen molar-refractivity contribution in [3.8, 4) is 0 Å². The molecule has 1 aliphatic heterocycles. The molecule has 1 N–H and O–H groups in total. The highest BCUT2D eigenvalue weighted by atomic mass is 16.2. The summed E-state index contributed by atoms with van der Waals surface area (Å²) in [6.45, 7) is 3.47. The first-order chi connectivity index (χ1) is 7.02. The van der Waals surface area contributed by atoms with Gasteiger partial charge in [0.2, 0.25) is 5.91 Å². The van der Waals surface area contributed by atoms with Crippen LogP contribution >= 0.6 is 0 Å². The van der Waals surface area contributed by atoms with E-state index in [0.29, 0.717) is 6.54 Å². The van der Waals surface area contributed by atoms with Gasteiger partial charge in [0.25, 0.3) is 0 Å². The van der Waals surface area contributed by atoms with E-state index in [9.17, 15) is 14.4 Å². The van der Waals surface area contributed by atoms with E-state index in [2.05, 4.69) is 5.23 Å². The molecule has 1 atom stereocenters. The van der Waals surface area contributed by atoms with Crippen LogP contribution in [0.3, 0.4) is 0 Å². The Labute approximate surface area is 89.5 Å². The number of hydrogen-bond donors (Lipinski definition) is 1. The van der Waals surface area contributed by atoms with E-state index in [4.69, 9.17) is 0 Å². The first kappa shape index (κ1) is 11.7. The van der Waals surface area contributed by atoms with Crippen LogP contribution in [0.2, 0.25) is 0 Å². The summed E-state index contributed by atoms with van der Waals surface area (Å²) in [6, 6.07) is -0.286. The molecule has 1 rings (SSSR count). The number of amides is 2. The summed E-state index contributed by atoms with van der Waals surface area (Å²) >= 11 is 0. The summed E-state index contributed by atoms with van der Waals surface area (Å²) in [6.07, 6.45) is 1.59. The Kier molecular flexibility index (Phi) is 3.88. The van der Waals surface area contributed by atoms with Gasteiger partial charge in [0.05, 0.1) is 6.04 Å². The predicted molar refractivity (Wildman–Crippen MR) is 56.8 cm³/mol. The molecule has 1 aliphatic rings. The number of carbonyl (C=O) groups is 3. The highest BCUT2D eigenvalue weighted by Crippen LogP contribution is 2.17. The van der Waals surface area contributed by atoms with Gasteiger partial charge < -0.3 is 10.1 Å². The quantitative estimate of drug-likeness (QED) is 0.647. The van der Waals surface area contributed by atoms with Crippen LogP contribution in [0.25, 0.3) is 0 Å². The third kappa shape index (κ3) is 3.07. The van der Waals surface area contributed by atoms with Gasteiger partial charge in [-0.05, 0) is 19.8 Å². The van der Waals surface area contributed by atoms with Crippen LogP contribution in [0.4, 0.5) is 4.79 Å². The smallest absolute Gasteiger partial charge is 0.343 e. The van der Waals surface area contributed by atoms with Crippen molar-refractivity contribution in [2.45, 2.75) is 32.7 Å². The zero-order valence-corrected chi connectivity index (χ0v) is 9.08. The fourth-order valence-electron chi connectivity index (χ4n) is 1.79. The molecule has 1 saturated heterocycles. The number of likely N-dealkylation sites (tertiary alicyclic amines) is 1. The lowest BCUT2D eigenvalue weighted by Gasteiger charge is -2.22. The van der Waals surface area contributed by atoms with Gasteiger partial charge in [-0.25, -0.2) is 0 Å². The molecule has 0 aliphatic carbocycles. The van der Waals surface area contributed by atoms with Crippen molar-refractivity contribution in [3.05, 3.63) is 0 Å². The normalized spacial score (nSPS) is 19.9. The van der Waals surface area contributed by atoms with Crippen LogP contribution in [0.15, 0.2) is 0 Å². The summed E-state index contributed by atoms with van der Waals surface area (Å²) in [5.41, 5.74) is 0. The Hall–Kier alpha value is -1.33. The molecule has 5 nitrogen and oxygen atoms in total. The maximum Gasteiger partial charge on any atom is 0.343 e. The first-order valence-electron chi connectivity index (χ1n) is 5.06.